The van der Waals surface area contributed by atoms with Crippen LogP contribution in [0.15, 0.2) is 42.5 Å². The maximum Gasteiger partial charge on any atom is 0.308 e. The van der Waals surface area contributed by atoms with Crippen molar-refractivity contribution in [3.8, 4) is 16.9 Å². The van der Waals surface area contributed by atoms with Crippen LogP contribution in [0, 0.1) is 0 Å². The largest absolute Gasteiger partial charge is 0.427 e. The molecule has 0 bridgehead atoms. The molecule has 0 unspecified atom stereocenters. The zero-order chi connectivity index (χ0) is 9.97. The third-order valence-corrected chi connectivity index (χ3v) is 2.00. The molecule has 0 radical (unpaired) electrons. The Morgan fingerprint density at radius 1 is 1.00 bits per heavy atom. The lowest BCUT2D eigenvalue weighted by molar-refractivity contribution is -0.131. The van der Waals surface area contributed by atoms with Gasteiger partial charge in [-0.2, -0.15) is 0 Å². The number of carbonyl (C=O) groups excluding carboxylic acids is 1. The van der Waals surface area contributed by atoms with Gasteiger partial charge in [-0.25, -0.2) is 0 Å². The zero-order valence-electron chi connectivity index (χ0n) is 7.86. The normalized spacial score (nSPS) is 10.1. The first kappa shape index (κ1) is 8.75. The van der Waals surface area contributed by atoms with Crippen molar-refractivity contribution in [1.82, 2.24) is 0 Å². The van der Waals surface area contributed by atoms with Crippen molar-refractivity contribution in [2.45, 2.75) is 6.92 Å². The predicted octanol–water partition coefficient (Wildman–Crippen LogP) is 2.72. The van der Waals surface area contributed by atoms with Gasteiger partial charge in [0.1, 0.15) is 5.75 Å². The van der Waals surface area contributed by atoms with Crippen molar-refractivity contribution >= 4 is 5.97 Å². The van der Waals surface area contributed by atoms with Gasteiger partial charge in [-0.15, -0.1) is 0 Å². The van der Waals surface area contributed by atoms with Gasteiger partial charge in [0, 0.05) is 6.92 Å². The molecule has 14 heavy (non-hydrogen) atoms. The van der Waals surface area contributed by atoms with E-state index in [9.17, 15) is 4.79 Å². The van der Waals surface area contributed by atoms with Crippen molar-refractivity contribution in [3.05, 3.63) is 42.5 Å². The summed E-state index contributed by atoms with van der Waals surface area (Å²) < 4.78 is 4.98. The monoisotopic (exact) mass is 186 g/mol. The lowest BCUT2D eigenvalue weighted by Gasteiger charge is -1.95. The minimum atomic E-state index is -0.295. The van der Waals surface area contributed by atoms with E-state index in [-0.39, 0.29) is 5.97 Å². The number of esters is 1. The second-order valence-electron chi connectivity index (χ2n) is 3.10. The van der Waals surface area contributed by atoms with E-state index in [1.807, 2.05) is 30.3 Å². The summed E-state index contributed by atoms with van der Waals surface area (Å²) in [4.78, 5) is 10.7. The average Bonchev–Trinajstić information content (AvgIpc) is 2.50. The topological polar surface area (TPSA) is 26.3 Å². The Bertz CT molecular complexity index is 404. The van der Waals surface area contributed by atoms with Crippen LogP contribution in [-0.4, -0.2) is 5.97 Å². The molecule has 0 amide bonds. The molecule has 0 aromatic carbocycles. The molecule has 0 N–H and O–H groups in total. The van der Waals surface area contributed by atoms with Crippen LogP contribution in [0.2, 0.25) is 0 Å². The van der Waals surface area contributed by atoms with Crippen LogP contribution in [0.5, 0.6) is 5.75 Å². The van der Waals surface area contributed by atoms with Gasteiger partial charge in [-0.1, -0.05) is 30.3 Å². The van der Waals surface area contributed by atoms with Gasteiger partial charge in [-0.3, -0.25) is 4.79 Å². The van der Waals surface area contributed by atoms with Crippen LogP contribution < -0.4 is 4.74 Å². The van der Waals surface area contributed by atoms with E-state index in [0.717, 1.165) is 11.1 Å². The smallest absolute Gasteiger partial charge is 0.308 e. The molecular formula is C12H10O2. The van der Waals surface area contributed by atoms with Gasteiger partial charge < -0.3 is 4.74 Å². The molecule has 2 nitrogen and oxygen atoms in total. The summed E-state index contributed by atoms with van der Waals surface area (Å²) in [6.45, 7) is 1.40. The van der Waals surface area contributed by atoms with E-state index >= 15 is 0 Å². The van der Waals surface area contributed by atoms with E-state index in [2.05, 4.69) is 0 Å². The van der Waals surface area contributed by atoms with Crippen LogP contribution in [0.4, 0.5) is 0 Å². The number of hydrogen-bond donors (Lipinski definition) is 0. The highest BCUT2D eigenvalue weighted by molar-refractivity contribution is 5.70. The zero-order valence-corrected chi connectivity index (χ0v) is 7.86. The lowest BCUT2D eigenvalue weighted by Crippen LogP contribution is -1.99. The Hall–Kier alpha value is -1.83. The fourth-order valence-electron chi connectivity index (χ4n) is 1.38. The van der Waals surface area contributed by atoms with Gasteiger partial charge in [0.25, 0.3) is 0 Å². The summed E-state index contributed by atoms with van der Waals surface area (Å²) in [7, 11) is 0. The summed E-state index contributed by atoms with van der Waals surface area (Å²) >= 11 is 0. The summed E-state index contributed by atoms with van der Waals surface area (Å²) in [5.74, 6) is 0.282. The first-order chi connectivity index (χ1) is 6.75. The van der Waals surface area contributed by atoms with E-state index in [4.69, 9.17) is 4.74 Å². The second kappa shape index (κ2) is 3.50. The van der Waals surface area contributed by atoms with Crippen molar-refractivity contribution in [1.29, 1.82) is 0 Å². The molecule has 2 aliphatic carbocycles. The highest BCUT2D eigenvalue weighted by atomic mass is 16.5. The Morgan fingerprint density at radius 2 is 1.57 bits per heavy atom. The second-order valence-corrected chi connectivity index (χ2v) is 3.10. The van der Waals surface area contributed by atoms with E-state index < -0.39 is 0 Å². The summed E-state index contributed by atoms with van der Waals surface area (Å²) in [6, 6.07) is 13.5. The van der Waals surface area contributed by atoms with Crippen LogP contribution in [0.25, 0.3) is 11.1 Å². The fraction of sp³-hybridized carbons (Fsp3) is 0.0833. The Labute approximate surface area is 82.5 Å². The van der Waals surface area contributed by atoms with Crippen LogP contribution in [0.3, 0.4) is 0 Å². The molecule has 0 atom stereocenters. The Morgan fingerprint density at radius 3 is 2.07 bits per heavy atom. The van der Waals surface area contributed by atoms with Crippen LogP contribution >= 0.6 is 0 Å². The Kier molecular flexibility index (Phi) is 2.19. The molecule has 2 rings (SSSR count). The predicted molar refractivity (Wildman–Crippen MR) is 54.4 cm³/mol. The van der Waals surface area contributed by atoms with Gasteiger partial charge in [0.2, 0.25) is 0 Å². The van der Waals surface area contributed by atoms with Crippen molar-refractivity contribution in [3.63, 3.8) is 0 Å². The van der Waals surface area contributed by atoms with Gasteiger partial charge in [0.15, 0.2) is 0 Å². The van der Waals surface area contributed by atoms with Crippen molar-refractivity contribution < 1.29 is 9.53 Å². The molecule has 2 aliphatic rings. The molecule has 70 valence electrons. The summed E-state index contributed by atoms with van der Waals surface area (Å²) in [5, 5.41) is 0. The van der Waals surface area contributed by atoms with E-state index in [0.29, 0.717) is 5.75 Å². The summed E-state index contributed by atoms with van der Waals surface area (Å²) in [6.07, 6.45) is 0. The summed E-state index contributed by atoms with van der Waals surface area (Å²) in [5.41, 5.74) is 2.28. The minimum Gasteiger partial charge on any atom is -0.427 e. The third-order valence-electron chi connectivity index (χ3n) is 2.00. The molecule has 0 aliphatic heterocycles. The number of hydrogen-bond acceptors (Lipinski definition) is 2. The molecule has 0 aromatic rings. The number of carbonyl (C=O) groups is 1. The molecule has 0 saturated heterocycles. The van der Waals surface area contributed by atoms with Crippen molar-refractivity contribution in [2.24, 2.45) is 0 Å². The third kappa shape index (κ3) is 1.74. The lowest BCUT2D eigenvalue weighted by atomic mass is 10.2. The standard InChI is InChI=1S/C12H10O2/c1-9(13)14-12-7-5-10-3-2-4-11(10)6-8-12/h2-8H,1H3. The highest BCUT2D eigenvalue weighted by Gasteiger charge is 2.00. The number of ether oxygens (including phenoxy) is 1. The molecular weight excluding hydrogens is 176 g/mol. The maximum absolute atomic E-state index is 10.7. The molecule has 0 heterocycles. The first-order valence-corrected chi connectivity index (χ1v) is 4.43. The van der Waals surface area contributed by atoms with Crippen LogP contribution in [0.1, 0.15) is 6.92 Å². The molecule has 0 aromatic heterocycles. The minimum absolute atomic E-state index is 0.295. The van der Waals surface area contributed by atoms with Gasteiger partial charge in [-0.05, 0) is 23.3 Å². The van der Waals surface area contributed by atoms with Crippen LogP contribution in [-0.2, 0) is 4.79 Å². The quantitative estimate of drug-likeness (QED) is 0.640. The fourth-order valence-corrected chi connectivity index (χ4v) is 1.38. The van der Waals surface area contributed by atoms with E-state index in [1.165, 1.54) is 6.92 Å². The SMILES string of the molecule is CC(=O)Oc1ccc2cccc-2cc1. The number of rotatable bonds is 1. The molecule has 2 heteroatoms. The van der Waals surface area contributed by atoms with Gasteiger partial charge in [0.05, 0.1) is 0 Å². The average molecular weight is 186 g/mol. The molecule has 0 saturated carbocycles. The first-order valence-electron chi connectivity index (χ1n) is 4.43. The highest BCUT2D eigenvalue weighted by Crippen LogP contribution is 2.23. The van der Waals surface area contributed by atoms with E-state index in [1.54, 1.807) is 12.1 Å². The molecule has 0 fully saturated rings. The Balaban J connectivity index is 2.40. The molecule has 0 spiro atoms. The van der Waals surface area contributed by atoms with Gasteiger partial charge >= 0.3 is 5.97 Å². The number of fused-ring (bicyclic) bond motifs is 1. The van der Waals surface area contributed by atoms with Crippen molar-refractivity contribution in [2.75, 3.05) is 0 Å². The maximum atomic E-state index is 10.7.